The van der Waals surface area contributed by atoms with Gasteiger partial charge in [0.05, 0.1) is 6.04 Å². The largest absolute Gasteiger partial charge is 0.341 e. The van der Waals surface area contributed by atoms with E-state index in [1.165, 1.54) is 12.8 Å². The zero-order valence-corrected chi connectivity index (χ0v) is 12.5. The predicted molar refractivity (Wildman–Crippen MR) is 77.8 cm³/mol. The average Bonchev–Trinajstić information content (AvgIpc) is 3.08. The van der Waals surface area contributed by atoms with Gasteiger partial charge in [-0.15, -0.1) is 12.4 Å². The first kappa shape index (κ1) is 17.1. The van der Waals surface area contributed by atoms with E-state index in [1.807, 2.05) is 11.2 Å². The molecule has 102 valence electrons. The average molecular weight is 281 g/mol. The molecule has 0 aliphatic heterocycles. The van der Waals surface area contributed by atoms with Crippen LogP contribution in [0, 0.1) is 5.92 Å². The lowest BCUT2D eigenvalue weighted by Crippen LogP contribution is -2.45. The Hall–Kier alpha value is 0.0700. The summed E-state index contributed by atoms with van der Waals surface area (Å²) in [4.78, 5) is 14.1. The van der Waals surface area contributed by atoms with Gasteiger partial charge in [-0.25, -0.2) is 0 Å². The molecular formula is C12H25ClN2OS. The van der Waals surface area contributed by atoms with E-state index in [0.717, 1.165) is 37.6 Å². The Balaban J connectivity index is 0.00000256. The number of thioether (sulfide) groups is 1. The summed E-state index contributed by atoms with van der Waals surface area (Å²) >= 11 is 1.75. The molecular weight excluding hydrogens is 256 g/mol. The van der Waals surface area contributed by atoms with Crippen molar-refractivity contribution in [3.05, 3.63) is 0 Å². The molecule has 0 saturated heterocycles. The Morgan fingerprint density at radius 1 is 1.53 bits per heavy atom. The van der Waals surface area contributed by atoms with Crippen molar-refractivity contribution in [2.45, 2.75) is 38.6 Å². The Labute approximate surface area is 115 Å². The molecule has 17 heavy (non-hydrogen) atoms. The van der Waals surface area contributed by atoms with Gasteiger partial charge in [0.2, 0.25) is 5.91 Å². The molecule has 0 aromatic heterocycles. The highest BCUT2D eigenvalue weighted by Gasteiger charge is 2.28. The third-order valence-corrected chi connectivity index (χ3v) is 3.57. The molecule has 1 atom stereocenters. The molecule has 1 rings (SSSR count). The van der Waals surface area contributed by atoms with Gasteiger partial charge in [0.1, 0.15) is 0 Å². The minimum atomic E-state index is -0.294. The van der Waals surface area contributed by atoms with E-state index >= 15 is 0 Å². The summed E-state index contributed by atoms with van der Waals surface area (Å²) < 4.78 is 0. The SMILES string of the molecule is CCCN(CC1CC1)C(=O)[C@@H](N)CCSC.Cl. The number of rotatable bonds is 8. The first-order chi connectivity index (χ1) is 7.69. The predicted octanol–water partition coefficient (Wildman–Crippen LogP) is 2.14. The first-order valence-corrected chi connectivity index (χ1v) is 7.61. The van der Waals surface area contributed by atoms with E-state index in [4.69, 9.17) is 5.73 Å². The molecule has 1 amide bonds. The van der Waals surface area contributed by atoms with Crippen molar-refractivity contribution < 1.29 is 4.79 Å². The molecule has 5 heteroatoms. The van der Waals surface area contributed by atoms with Crippen LogP contribution in [0.25, 0.3) is 0 Å². The lowest BCUT2D eigenvalue weighted by Gasteiger charge is -2.25. The van der Waals surface area contributed by atoms with Gasteiger partial charge in [0.25, 0.3) is 0 Å². The van der Waals surface area contributed by atoms with Crippen LogP contribution in [0.5, 0.6) is 0 Å². The van der Waals surface area contributed by atoms with Crippen LogP contribution >= 0.6 is 24.2 Å². The van der Waals surface area contributed by atoms with Crippen molar-refractivity contribution in [1.29, 1.82) is 0 Å². The summed E-state index contributed by atoms with van der Waals surface area (Å²) in [5, 5.41) is 0. The first-order valence-electron chi connectivity index (χ1n) is 6.22. The summed E-state index contributed by atoms with van der Waals surface area (Å²) in [5.74, 6) is 1.88. The van der Waals surface area contributed by atoms with E-state index in [9.17, 15) is 4.79 Å². The zero-order chi connectivity index (χ0) is 12.0. The number of halogens is 1. The fourth-order valence-electron chi connectivity index (χ4n) is 1.78. The summed E-state index contributed by atoms with van der Waals surface area (Å²) in [5.41, 5.74) is 5.93. The van der Waals surface area contributed by atoms with Gasteiger partial charge in [0.15, 0.2) is 0 Å². The van der Waals surface area contributed by atoms with Crippen molar-refractivity contribution in [3.8, 4) is 0 Å². The van der Waals surface area contributed by atoms with Crippen molar-refractivity contribution in [1.82, 2.24) is 4.90 Å². The topological polar surface area (TPSA) is 46.3 Å². The molecule has 0 heterocycles. The lowest BCUT2D eigenvalue weighted by molar-refractivity contribution is -0.132. The van der Waals surface area contributed by atoms with E-state index in [0.29, 0.717) is 0 Å². The molecule has 1 aliphatic carbocycles. The van der Waals surface area contributed by atoms with Crippen LogP contribution in [0.15, 0.2) is 0 Å². The smallest absolute Gasteiger partial charge is 0.239 e. The number of amides is 1. The summed E-state index contributed by atoms with van der Waals surface area (Å²) in [6.07, 6.45) is 6.44. The quantitative estimate of drug-likeness (QED) is 0.741. The summed E-state index contributed by atoms with van der Waals surface area (Å²) in [6, 6.07) is -0.294. The van der Waals surface area contributed by atoms with Gasteiger partial charge < -0.3 is 10.6 Å². The number of nitrogens with two attached hydrogens (primary N) is 1. The van der Waals surface area contributed by atoms with Crippen LogP contribution < -0.4 is 5.73 Å². The Morgan fingerprint density at radius 3 is 2.65 bits per heavy atom. The van der Waals surface area contributed by atoms with Crippen molar-refractivity contribution in [2.24, 2.45) is 11.7 Å². The van der Waals surface area contributed by atoms with E-state index < -0.39 is 0 Å². The van der Waals surface area contributed by atoms with Gasteiger partial charge >= 0.3 is 0 Å². The van der Waals surface area contributed by atoms with Crippen molar-refractivity contribution >= 4 is 30.1 Å². The molecule has 2 N–H and O–H groups in total. The molecule has 0 aromatic rings. The molecule has 0 bridgehead atoms. The van der Waals surface area contributed by atoms with Crippen LogP contribution in [0.1, 0.15) is 32.6 Å². The van der Waals surface area contributed by atoms with Crippen LogP contribution in [0.2, 0.25) is 0 Å². The van der Waals surface area contributed by atoms with Crippen LogP contribution in [-0.4, -0.2) is 41.9 Å². The van der Waals surface area contributed by atoms with Gasteiger partial charge in [-0.1, -0.05) is 6.92 Å². The molecule has 1 fully saturated rings. The Kier molecular flexibility index (Phi) is 9.10. The number of carbonyl (C=O) groups is 1. The maximum atomic E-state index is 12.1. The number of carbonyl (C=O) groups excluding carboxylic acids is 1. The van der Waals surface area contributed by atoms with E-state index in [2.05, 4.69) is 6.92 Å². The van der Waals surface area contributed by atoms with Gasteiger partial charge in [-0.3, -0.25) is 4.79 Å². The second-order valence-electron chi connectivity index (χ2n) is 4.62. The van der Waals surface area contributed by atoms with Gasteiger partial charge in [-0.2, -0.15) is 11.8 Å². The lowest BCUT2D eigenvalue weighted by atomic mass is 10.2. The molecule has 3 nitrogen and oxygen atoms in total. The van der Waals surface area contributed by atoms with Crippen LogP contribution in [-0.2, 0) is 4.79 Å². The van der Waals surface area contributed by atoms with E-state index in [1.54, 1.807) is 11.8 Å². The Bertz CT molecular complexity index is 225. The maximum Gasteiger partial charge on any atom is 0.239 e. The Morgan fingerprint density at radius 2 is 2.18 bits per heavy atom. The fraction of sp³-hybridized carbons (Fsp3) is 0.917. The minimum Gasteiger partial charge on any atom is -0.341 e. The molecule has 0 unspecified atom stereocenters. The standard InChI is InChI=1S/C12H24N2OS.ClH/c1-3-7-14(9-10-4-5-10)12(15)11(13)6-8-16-2;/h10-11H,3-9,13H2,1-2H3;1H/t11-;/m0./s1. The summed E-state index contributed by atoms with van der Waals surface area (Å²) in [6.45, 7) is 3.91. The monoisotopic (exact) mass is 280 g/mol. The van der Waals surface area contributed by atoms with Gasteiger partial charge in [0, 0.05) is 13.1 Å². The van der Waals surface area contributed by atoms with Crippen LogP contribution in [0.4, 0.5) is 0 Å². The highest BCUT2D eigenvalue weighted by atomic mass is 35.5. The number of nitrogens with zero attached hydrogens (tertiary/aromatic N) is 1. The number of hydrogen-bond acceptors (Lipinski definition) is 3. The molecule has 0 spiro atoms. The van der Waals surface area contributed by atoms with Crippen LogP contribution in [0.3, 0.4) is 0 Å². The summed E-state index contributed by atoms with van der Waals surface area (Å²) in [7, 11) is 0. The molecule has 1 saturated carbocycles. The van der Waals surface area contributed by atoms with Crippen molar-refractivity contribution in [3.63, 3.8) is 0 Å². The van der Waals surface area contributed by atoms with E-state index in [-0.39, 0.29) is 24.4 Å². The third kappa shape index (κ3) is 6.53. The molecule has 1 aliphatic rings. The highest BCUT2D eigenvalue weighted by molar-refractivity contribution is 7.98. The fourth-order valence-corrected chi connectivity index (χ4v) is 2.27. The molecule has 0 radical (unpaired) electrons. The second kappa shape index (κ2) is 9.06. The molecule has 0 aromatic carbocycles. The van der Waals surface area contributed by atoms with Crippen molar-refractivity contribution in [2.75, 3.05) is 25.1 Å². The van der Waals surface area contributed by atoms with Gasteiger partial charge in [-0.05, 0) is 43.6 Å². The minimum absolute atomic E-state index is 0. The zero-order valence-electron chi connectivity index (χ0n) is 10.9. The highest BCUT2D eigenvalue weighted by Crippen LogP contribution is 2.29. The maximum absolute atomic E-state index is 12.1. The number of hydrogen-bond donors (Lipinski definition) is 1. The normalized spacial score (nSPS) is 16.2. The third-order valence-electron chi connectivity index (χ3n) is 2.93. The second-order valence-corrected chi connectivity index (χ2v) is 5.60.